The Morgan fingerprint density at radius 3 is 2.90 bits per heavy atom. The van der Waals surface area contributed by atoms with Crippen LogP contribution in [0.1, 0.15) is 18.9 Å². The molecule has 0 aliphatic carbocycles. The van der Waals surface area contributed by atoms with Crippen molar-refractivity contribution < 1.29 is 18.3 Å². The number of aliphatic hydroxyl groups is 1. The number of hydrogen-bond donors (Lipinski definition) is 1. The van der Waals surface area contributed by atoms with Crippen LogP contribution in [0.3, 0.4) is 0 Å². The van der Waals surface area contributed by atoms with E-state index in [4.69, 9.17) is 21.4 Å². The zero-order valence-corrected chi connectivity index (χ0v) is 12.8. The van der Waals surface area contributed by atoms with Crippen LogP contribution < -0.4 is 0 Å². The van der Waals surface area contributed by atoms with Gasteiger partial charge in [-0.3, -0.25) is 0 Å². The summed E-state index contributed by atoms with van der Waals surface area (Å²) in [6, 6.07) is 4.40. The number of halogens is 1. The number of aliphatic hydroxyl groups excluding tert-OH is 1. The zero-order valence-electron chi connectivity index (χ0n) is 11.3. The molecule has 7 heteroatoms. The lowest BCUT2D eigenvalue weighted by Gasteiger charge is -2.22. The number of ether oxygens (including phenoxy) is 1. The summed E-state index contributed by atoms with van der Waals surface area (Å²) in [5.41, 5.74) is 0.512. The number of sulfonamides is 1. The molecule has 5 nitrogen and oxygen atoms in total. The van der Waals surface area contributed by atoms with Crippen molar-refractivity contribution in [3.63, 3.8) is 0 Å². The van der Waals surface area contributed by atoms with E-state index in [2.05, 4.69) is 0 Å². The topological polar surface area (TPSA) is 66.8 Å². The highest BCUT2D eigenvalue weighted by molar-refractivity contribution is 7.89. The molecule has 1 atom stereocenters. The van der Waals surface area contributed by atoms with E-state index in [1.54, 1.807) is 0 Å². The van der Waals surface area contributed by atoms with E-state index in [-0.39, 0.29) is 22.6 Å². The molecule has 1 aliphatic rings. The van der Waals surface area contributed by atoms with Gasteiger partial charge in [-0.2, -0.15) is 4.31 Å². The minimum atomic E-state index is -3.58. The molecule has 0 amide bonds. The van der Waals surface area contributed by atoms with E-state index >= 15 is 0 Å². The maximum atomic E-state index is 12.6. The highest BCUT2D eigenvalue weighted by Crippen LogP contribution is 2.24. The summed E-state index contributed by atoms with van der Waals surface area (Å²) in [5, 5.41) is 9.33. The first-order valence-corrected chi connectivity index (χ1v) is 8.28. The fourth-order valence-electron chi connectivity index (χ4n) is 2.14. The molecule has 0 spiro atoms. The second-order valence-corrected chi connectivity index (χ2v) is 7.15. The minimum absolute atomic E-state index is 0.125. The number of benzene rings is 1. The SMILES string of the molecule is CC1CN(S(=O)(=O)c2ccc(CO)c(Cl)c2)CCCO1. The molecule has 0 aromatic heterocycles. The highest BCUT2D eigenvalue weighted by Gasteiger charge is 2.28. The smallest absolute Gasteiger partial charge is 0.243 e. The first-order chi connectivity index (χ1) is 9.45. The van der Waals surface area contributed by atoms with Gasteiger partial charge < -0.3 is 9.84 Å². The van der Waals surface area contributed by atoms with Crippen LogP contribution in [0.15, 0.2) is 23.1 Å². The zero-order chi connectivity index (χ0) is 14.8. The summed E-state index contributed by atoms with van der Waals surface area (Å²) in [4.78, 5) is 0.147. The molecule has 1 saturated heterocycles. The average molecular weight is 320 g/mol. The van der Waals surface area contributed by atoms with Gasteiger partial charge in [0.05, 0.1) is 17.6 Å². The molecule has 1 aliphatic heterocycles. The lowest BCUT2D eigenvalue weighted by molar-refractivity contribution is 0.0752. The second-order valence-electron chi connectivity index (χ2n) is 4.81. The molecule has 0 radical (unpaired) electrons. The Balaban J connectivity index is 2.31. The van der Waals surface area contributed by atoms with Gasteiger partial charge in [0.1, 0.15) is 0 Å². The van der Waals surface area contributed by atoms with E-state index in [0.717, 1.165) is 0 Å². The molecule has 0 bridgehead atoms. The Bertz CT molecular complexity index is 576. The highest BCUT2D eigenvalue weighted by atomic mass is 35.5. The normalized spacial score (nSPS) is 21.6. The van der Waals surface area contributed by atoms with E-state index in [1.807, 2.05) is 6.92 Å². The summed E-state index contributed by atoms with van der Waals surface area (Å²) in [6.45, 7) is 2.98. The van der Waals surface area contributed by atoms with Gasteiger partial charge in [-0.15, -0.1) is 0 Å². The second kappa shape index (κ2) is 6.41. The van der Waals surface area contributed by atoms with Crippen LogP contribution in [-0.4, -0.2) is 43.6 Å². The number of nitrogens with zero attached hydrogens (tertiary/aromatic N) is 1. The van der Waals surface area contributed by atoms with Gasteiger partial charge in [0, 0.05) is 24.7 Å². The molecule has 1 N–H and O–H groups in total. The maximum absolute atomic E-state index is 12.6. The van der Waals surface area contributed by atoms with E-state index in [1.165, 1.54) is 22.5 Å². The Hall–Kier alpha value is -0.660. The third kappa shape index (κ3) is 3.32. The van der Waals surface area contributed by atoms with Crippen molar-refractivity contribution in [2.45, 2.75) is 31.0 Å². The van der Waals surface area contributed by atoms with Crippen LogP contribution in [0.25, 0.3) is 0 Å². The summed E-state index contributed by atoms with van der Waals surface area (Å²) in [6.07, 6.45) is 0.547. The Kier molecular flexibility index (Phi) is 5.04. The number of hydrogen-bond acceptors (Lipinski definition) is 4. The van der Waals surface area contributed by atoms with Gasteiger partial charge in [0.15, 0.2) is 0 Å². The quantitative estimate of drug-likeness (QED) is 0.919. The number of rotatable bonds is 3. The molecule has 2 rings (SSSR count). The summed E-state index contributed by atoms with van der Waals surface area (Å²) in [5.74, 6) is 0. The molecule has 0 saturated carbocycles. The van der Waals surface area contributed by atoms with Crippen molar-refractivity contribution in [2.75, 3.05) is 19.7 Å². The van der Waals surface area contributed by atoms with Crippen LogP contribution in [0.4, 0.5) is 0 Å². The standard InChI is InChI=1S/C13H18ClNO4S/c1-10-8-15(5-2-6-19-10)20(17,18)12-4-3-11(9-16)13(14)7-12/h3-4,7,10,16H,2,5-6,8-9H2,1H3. The molecule has 1 heterocycles. The van der Waals surface area contributed by atoms with Crippen LogP contribution in [0.5, 0.6) is 0 Å². The lowest BCUT2D eigenvalue weighted by Crippen LogP contribution is -2.35. The van der Waals surface area contributed by atoms with Gasteiger partial charge in [0.25, 0.3) is 0 Å². The minimum Gasteiger partial charge on any atom is -0.392 e. The third-order valence-corrected chi connectivity index (χ3v) is 5.46. The largest absolute Gasteiger partial charge is 0.392 e. The summed E-state index contributed by atoms with van der Waals surface area (Å²) in [7, 11) is -3.58. The van der Waals surface area contributed by atoms with Crippen molar-refractivity contribution in [3.8, 4) is 0 Å². The summed E-state index contributed by atoms with van der Waals surface area (Å²) < 4.78 is 32.1. The Labute approximate surface area is 124 Å². The van der Waals surface area contributed by atoms with Crippen LogP contribution in [0.2, 0.25) is 5.02 Å². The molecule has 1 unspecified atom stereocenters. The van der Waals surface area contributed by atoms with Crippen molar-refractivity contribution in [1.82, 2.24) is 4.31 Å². The van der Waals surface area contributed by atoms with E-state index in [9.17, 15) is 8.42 Å². The molecule has 1 aromatic carbocycles. The Morgan fingerprint density at radius 2 is 2.25 bits per heavy atom. The van der Waals surface area contributed by atoms with Crippen molar-refractivity contribution >= 4 is 21.6 Å². The average Bonchev–Trinajstić information content (AvgIpc) is 2.63. The van der Waals surface area contributed by atoms with Crippen LogP contribution >= 0.6 is 11.6 Å². The molecular formula is C13H18ClNO4S. The van der Waals surface area contributed by atoms with Crippen molar-refractivity contribution in [3.05, 3.63) is 28.8 Å². The van der Waals surface area contributed by atoms with Gasteiger partial charge in [0.2, 0.25) is 10.0 Å². The first kappa shape index (κ1) is 15.7. The maximum Gasteiger partial charge on any atom is 0.243 e. The van der Waals surface area contributed by atoms with Crippen molar-refractivity contribution in [2.24, 2.45) is 0 Å². The molecule has 112 valence electrons. The summed E-state index contributed by atoms with van der Waals surface area (Å²) >= 11 is 5.97. The molecule has 20 heavy (non-hydrogen) atoms. The third-order valence-electron chi connectivity index (χ3n) is 3.25. The first-order valence-electron chi connectivity index (χ1n) is 6.46. The fourth-order valence-corrected chi connectivity index (χ4v) is 4.03. The monoisotopic (exact) mass is 319 g/mol. The Morgan fingerprint density at radius 1 is 1.50 bits per heavy atom. The van der Waals surface area contributed by atoms with E-state index < -0.39 is 10.0 Å². The predicted octanol–water partition coefficient (Wildman–Crippen LogP) is 1.63. The lowest BCUT2D eigenvalue weighted by atomic mass is 10.2. The van der Waals surface area contributed by atoms with Gasteiger partial charge in [-0.05, 0) is 31.0 Å². The van der Waals surface area contributed by atoms with Gasteiger partial charge in [-0.25, -0.2) is 8.42 Å². The van der Waals surface area contributed by atoms with Crippen molar-refractivity contribution in [1.29, 1.82) is 0 Å². The molecular weight excluding hydrogens is 302 g/mol. The fraction of sp³-hybridized carbons (Fsp3) is 0.538. The molecule has 1 aromatic rings. The van der Waals surface area contributed by atoms with Gasteiger partial charge >= 0.3 is 0 Å². The molecule has 1 fully saturated rings. The predicted molar refractivity (Wildman–Crippen MR) is 76.2 cm³/mol. The van der Waals surface area contributed by atoms with Crippen LogP contribution in [0, 0.1) is 0 Å². The van der Waals surface area contributed by atoms with Crippen LogP contribution in [-0.2, 0) is 21.4 Å². The van der Waals surface area contributed by atoms with E-state index in [0.29, 0.717) is 31.7 Å². The van der Waals surface area contributed by atoms with Gasteiger partial charge in [-0.1, -0.05) is 17.7 Å².